The van der Waals surface area contributed by atoms with Gasteiger partial charge in [0.1, 0.15) is 13.1 Å². The van der Waals surface area contributed by atoms with Crippen LogP contribution in [0.3, 0.4) is 0 Å². The Labute approximate surface area is 151 Å². The maximum atomic E-state index is 12.7. The minimum absolute atomic E-state index is 0.0317. The Morgan fingerprint density at radius 2 is 1.84 bits per heavy atom. The average molecular weight is 348 g/mol. The van der Waals surface area contributed by atoms with Crippen LogP contribution in [-0.2, 0) is 11.3 Å². The largest absolute Gasteiger partial charge is 0.385 e. The predicted octanol–water partition coefficient (Wildman–Crippen LogP) is 3.72. The van der Waals surface area contributed by atoms with Gasteiger partial charge in [0.05, 0.1) is 6.54 Å². The van der Waals surface area contributed by atoms with E-state index in [0.29, 0.717) is 24.1 Å². The number of quaternary nitrogens is 1. The van der Waals surface area contributed by atoms with Gasteiger partial charge in [0.25, 0.3) is 0 Å². The number of hydrogen-bond donors (Lipinski definition) is 1. The highest BCUT2D eigenvalue weighted by Gasteiger charge is 2.45. The van der Waals surface area contributed by atoms with Crippen LogP contribution in [0.5, 0.6) is 0 Å². The summed E-state index contributed by atoms with van der Waals surface area (Å²) in [6.45, 7) is 7.97. The molecule has 1 aliphatic heterocycles. The lowest BCUT2D eigenvalue weighted by molar-refractivity contribution is -0.893. The van der Waals surface area contributed by atoms with Crippen LogP contribution < -0.4 is 5.32 Å². The SMILES string of the molecule is CCCCCC[N+]1(Cc2ccc(NCCC)cc2)CC[N+](=O)CC1=O. The van der Waals surface area contributed by atoms with Crippen LogP contribution in [0.4, 0.5) is 5.69 Å². The molecule has 1 aliphatic rings. The van der Waals surface area contributed by atoms with Gasteiger partial charge in [-0.3, -0.25) is 0 Å². The molecule has 1 N–H and O–H groups in total. The number of nitrogens with one attached hydrogen (secondary N) is 1. The molecule has 1 heterocycles. The van der Waals surface area contributed by atoms with Crippen molar-refractivity contribution < 1.29 is 14.0 Å². The number of carbonyl (C=O) groups excluding carboxylic acids is 1. The second-order valence-corrected chi connectivity index (χ2v) is 7.19. The van der Waals surface area contributed by atoms with Crippen LogP contribution in [0.1, 0.15) is 51.5 Å². The second-order valence-electron chi connectivity index (χ2n) is 7.19. The van der Waals surface area contributed by atoms with Gasteiger partial charge in [0.15, 0.2) is 0 Å². The number of unbranched alkanes of at least 4 members (excludes halogenated alkanes) is 3. The summed E-state index contributed by atoms with van der Waals surface area (Å²) in [4.78, 5) is 24.3. The van der Waals surface area contributed by atoms with Crippen molar-refractivity contribution in [3.05, 3.63) is 34.7 Å². The minimum atomic E-state index is 0.0317. The van der Waals surface area contributed by atoms with E-state index >= 15 is 0 Å². The predicted molar refractivity (Wildman–Crippen MR) is 101 cm³/mol. The Bertz CT molecular complexity index is 571. The lowest BCUT2D eigenvalue weighted by atomic mass is 10.1. The van der Waals surface area contributed by atoms with E-state index < -0.39 is 0 Å². The van der Waals surface area contributed by atoms with E-state index in [9.17, 15) is 9.70 Å². The summed E-state index contributed by atoms with van der Waals surface area (Å²) < 4.78 is 1.34. The van der Waals surface area contributed by atoms with Gasteiger partial charge in [-0.1, -0.05) is 38.8 Å². The first-order valence-electron chi connectivity index (χ1n) is 9.74. The van der Waals surface area contributed by atoms with Crippen molar-refractivity contribution in [1.29, 1.82) is 0 Å². The number of piperazine rings is 1. The van der Waals surface area contributed by atoms with Crippen molar-refractivity contribution in [2.24, 2.45) is 0 Å². The molecule has 1 unspecified atom stereocenters. The van der Waals surface area contributed by atoms with Crippen LogP contribution in [0.25, 0.3) is 0 Å². The van der Waals surface area contributed by atoms with Gasteiger partial charge < -0.3 is 5.32 Å². The molecule has 0 saturated carbocycles. The fraction of sp³-hybridized carbons (Fsp3) is 0.650. The molecule has 25 heavy (non-hydrogen) atoms. The van der Waals surface area contributed by atoms with Gasteiger partial charge in [-0.25, -0.2) is 9.28 Å². The molecule has 0 bridgehead atoms. The van der Waals surface area contributed by atoms with E-state index in [0.717, 1.165) is 42.8 Å². The molecule has 0 aliphatic carbocycles. The highest BCUT2D eigenvalue weighted by atomic mass is 16.3. The quantitative estimate of drug-likeness (QED) is 0.399. The number of carbonyl (C=O) groups is 1. The first-order valence-corrected chi connectivity index (χ1v) is 9.74. The maximum Gasteiger partial charge on any atom is 0.383 e. The lowest BCUT2D eigenvalue weighted by Gasteiger charge is -2.35. The first kappa shape index (κ1) is 19.6. The Balaban J connectivity index is 2.07. The monoisotopic (exact) mass is 347 g/mol. The van der Waals surface area contributed by atoms with E-state index in [1.54, 1.807) is 0 Å². The van der Waals surface area contributed by atoms with Crippen LogP contribution >= 0.6 is 0 Å². The molecule has 1 fully saturated rings. The Morgan fingerprint density at radius 3 is 2.48 bits per heavy atom. The topological polar surface area (TPSA) is 49.2 Å². The summed E-state index contributed by atoms with van der Waals surface area (Å²) in [5.74, 6) is 0.0749. The summed E-state index contributed by atoms with van der Waals surface area (Å²) in [6.07, 6.45) is 5.70. The van der Waals surface area contributed by atoms with Crippen LogP contribution in [0, 0.1) is 4.91 Å². The van der Waals surface area contributed by atoms with Crippen LogP contribution in [0.2, 0.25) is 0 Å². The fourth-order valence-electron chi connectivity index (χ4n) is 3.48. The summed E-state index contributed by atoms with van der Waals surface area (Å²) in [6, 6.07) is 8.40. The van der Waals surface area contributed by atoms with Gasteiger partial charge in [0.2, 0.25) is 6.54 Å². The van der Waals surface area contributed by atoms with Crippen molar-refractivity contribution in [3.8, 4) is 0 Å². The van der Waals surface area contributed by atoms with Crippen molar-refractivity contribution >= 4 is 11.6 Å². The second kappa shape index (κ2) is 9.66. The normalized spacial score (nSPS) is 20.7. The molecule has 1 atom stereocenters. The third-order valence-electron chi connectivity index (χ3n) is 5.08. The van der Waals surface area contributed by atoms with Gasteiger partial charge >= 0.3 is 12.5 Å². The molecular weight excluding hydrogens is 314 g/mol. The molecule has 0 spiro atoms. The van der Waals surface area contributed by atoms with E-state index in [1.807, 2.05) is 0 Å². The van der Waals surface area contributed by atoms with Crippen molar-refractivity contribution in [2.45, 2.75) is 52.5 Å². The van der Waals surface area contributed by atoms with E-state index in [2.05, 4.69) is 43.4 Å². The number of nitroso groups, excluding NO2 is 1. The van der Waals surface area contributed by atoms with Crippen molar-refractivity contribution in [3.63, 3.8) is 0 Å². The first-order chi connectivity index (χ1) is 12.1. The molecule has 1 amide bonds. The zero-order valence-corrected chi connectivity index (χ0v) is 15.8. The van der Waals surface area contributed by atoms with Crippen molar-refractivity contribution in [1.82, 2.24) is 0 Å². The fourth-order valence-corrected chi connectivity index (χ4v) is 3.48. The molecule has 5 heteroatoms. The Kier molecular flexibility index (Phi) is 7.56. The molecular formula is C20H33N3O2+2. The highest BCUT2D eigenvalue weighted by molar-refractivity contribution is 5.70. The van der Waals surface area contributed by atoms with Gasteiger partial charge in [0, 0.05) is 27.5 Å². The minimum Gasteiger partial charge on any atom is -0.385 e. The number of amides is 1. The summed E-state index contributed by atoms with van der Waals surface area (Å²) >= 11 is 0. The number of anilines is 1. The molecule has 0 radical (unpaired) electrons. The molecule has 1 saturated heterocycles. The molecule has 1 aromatic carbocycles. The van der Waals surface area contributed by atoms with Crippen molar-refractivity contribution in [2.75, 3.05) is 38.0 Å². The number of benzene rings is 1. The number of nitrogens with zero attached hydrogens (tertiary/aromatic N) is 2. The van der Waals surface area contributed by atoms with Gasteiger partial charge in [-0.05, 0) is 31.4 Å². The average Bonchev–Trinajstić information content (AvgIpc) is 2.61. The van der Waals surface area contributed by atoms with Crippen LogP contribution in [0.15, 0.2) is 24.3 Å². The van der Waals surface area contributed by atoms with Crippen LogP contribution in [-0.4, -0.2) is 47.9 Å². The summed E-state index contributed by atoms with van der Waals surface area (Å²) in [5, 5.41) is 3.38. The summed E-state index contributed by atoms with van der Waals surface area (Å²) in [5.41, 5.74) is 2.29. The third kappa shape index (κ3) is 5.63. The van der Waals surface area contributed by atoms with Gasteiger partial charge in [-0.15, -0.1) is 0 Å². The molecule has 2 rings (SSSR count). The maximum absolute atomic E-state index is 12.7. The highest BCUT2D eigenvalue weighted by Crippen LogP contribution is 2.22. The van der Waals surface area contributed by atoms with Gasteiger partial charge in [-0.2, -0.15) is 0 Å². The molecule has 138 valence electrons. The smallest absolute Gasteiger partial charge is 0.383 e. The number of hydrogen-bond acceptors (Lipinski definition) is 3. The standard InChI is InChI=1S/C20H33N3O2/c1-3-5-6-7-14-23(15-13-22(25)16-20(23)24)17-18-8-10-19(11-9-18)21-12-4-2/h8-11,21H,3-7,12-17H2,1-2H3/q+2. The Morgan fingerprint density at radius 1 is 1.08 bits per heavy atom. The molecule has 1 aromatic rings. The molecule has 5 nitrogen and oxygen atoms in total. The number of rotatable bonds is 10. The zero-order valence-electron chi connectivity index (χ0n) is 15.8. The third-order valence-corrected chi connectivity index (χ3v) is 5.08. The summed E-state index contributed by atoms with van der Waals surface area (Å²) in [7, 11) is 0. The van der Waals surface area contributed by atoms with E-state index in [4.69, 9.17) is 0 Å². The van der Waals surface area contributed by atoms with E-state index in [1.165, 1.54) is 18.4 Å². The molecule has 0 aromatic heterocycles. The zero-order chi connectivity index (χ0) is 18.1. The lowest BCUT2D eigenvalue weighted by Crippen LogP contribution is -2.60. The Hall–Kier alpha value is -1.75. The van der Waals surface area contributed by atoms with E-state index in [-0.39, 0.29) is 12.5 Å².